The molecule has 3 heteroatoms. The van der Waals surface area contributed by atoms with Gasteiger partial charge in [-0.05, 0) is 42.3 Å². The number of para-hydroxylation sites is 1. The third-order valence-electron chi connectivity index (χ3n) is 3.24. The van der Waals surface area contributed by atoms with Crippen molar-refractivity contribution in [2.24, 2.45) is 0 Å². The van der Waals surface area contributed by atoms with Gasteiger partial charge in [-0.25, -0.2) is 0 Å². The normalized spacial score (nSPS) is 14.4. The third kappa shape index (κ3) is 1.74. The second-order valence-corrected chi connectivity index (χ2v) is 4.45. The van der Waals surface area contributed by atoms with Crippen molar-refractivity contribution in [3.05, 3.63) is 54.1 Å². The van der Waals surface area contributed by atoms with Crippen molar-refractivity contribution in [1.29, 1.82) is 0 Å². The molecule has 3 rings (SSSR count). The van der Waals surface area contributed by atoms with Crippen LogP contribution in [0.5, 0.6) is 0 Å². The number of nitrogens with zero attached hydrogens (tertiary/aromatic N) is 1. The molecule has 0 aromatic heterocycles. The first kappa shape index (κ1) is 10.8. The van der Waals surface area contributed by atoms with Gasteiger partial charge in [-0.2, -0.15) is 0 Å². The molecule has 1 amide bonds. The number of rotatable bonds is 1. The van der Waals surface area contributed by atoms with E-state index >= 15 is 0 Å². The van der Waals surface area contributed by atoms with Gasteiger partial charge >= 0.3 is 0 Å². The lowest BCUT2D eigenvalue weighted by molar-refractivity contribution is -0.118. The van der Waals surface area contributed by atoms with Crippen LogP contribution >= 0.6 is 0 Å². The summed E-state index contributed by atoms with van der Waals surface area (Å²) in [4.78, 5) is 13.9. The Labute approximate surface area is 106 Å². The third-order valence-corrected chi connectivity index (χ3v) is 3.24. The fraction of sp³-hybridized carbons (Fsp3) is 0.133. The molecule has 2 aromatic carbocycles. The molecule has 1 aliphatic heterocycles. The Morgan fingerprint density at radius 3 is 2.44 bits per heavy atom. The molecule has 2 N–H and O–H groups in total. The zero-order chi connectivity index (χ0) is 12.5. The van der Waals surface area contributed by atoms with Crippen molar-refractivity contribution >= 4 is 23.0 Å². The number of nitrogens with two attached hydrogens (primary N) is 1. The lowest BCUT2D eigenvalue weighted by Crippen LogP contribution is -2.30. The van der Waals surface area contributed by atoms with E-state index in [1.807, 2.05) is 42.5 Å². The Balaban J connectivity index is 2.10. The summed E-state index contributed by atoms with van der Waals surface area (Å²) in [5, 5.41) is 0. The summed E-state index contributed by atoms with van der Waals surface area (Å²) in [7, 11) is 0. The van der Waals surface area contributed by atoms with Crippen molar-refractivity contribution in [2.75, 3.05) is 10.6 Å². The highest BCUT2D eigenvalue weighted by Crippen LogP contribution is 2.34. The quantitative estimate of drug-likeness (QED) is 0.776. The van der Waals surface area contributed by atoms with E-state index in [2.05, 4.69) is 6.07 Å². The lowest BCUT2D eigenvalue weighted by Gasteiger charge is -2.29. The second kappa shape index (κ2) is 4.18. The highest BCUT2D eigenvalue weighted by atomic mass is 16.2. The fourth-order valence-electron chi connectivity index (χ4n) is 2.33. The van der Waals surface area contributed by atoms with Gasteiger partial charge in [0.15, 0.2) is 0 Å². The molecule has 18 heavy (non-hydrogen) atoms. The Kier molecular flexibility index (Phi) is 2.52. The number of aryl methyl sites for hydroxylation is 1. The van der Waals surface area contributed by atoms with Crippen LogP contribution in [0.15, 0.2) is 48.5 Å². The van der Waals surface area contributed by atoms with E-state index in [0.717, 1.165) is 17.8 Å². The van der Waals surface area contributed by atoms with E-state index in [1.54, 1.807) is 4.90 Å². The average Bonchev–Trinajstić information content (AvgIpc) is 2.40. The van der Waals surface area contributed by atoms with E-state index < -0.39 is 0 Å². The van der Waals surface area contributed by atoms with Crippen LogP contribution in [0.3, 0.4) is 0 Å². The number of nitrogen functional groups attached to an aromatic ring is 1. The smallest absolute Gasteiger partial charge is 0.231 e. The van der Waals surface area contributed by atoms with Gasteiger partial charge in [0, 0.05) is 17.8 Å². The molecule has 1 heterocycles. The maximum atomic E-state index is 12.1. The van der Waals surface area contributed by atoms with Gasteiger partial charge in [-0.15, -0.1) is 0 Å². The zero-order valence-corrected chi connectivity index (χ0v) is 9.97. The summed E-state index contributed by atoms with van der Waals surface area (Å²) in [5.74, 6) is 0.137. The van der Waals surface area contributed by atoms with Gasteiger partial charge in [-0.3, -0.25) is 9.69 Å². The molecule has 0 saturated carbocycles. The summed E-state index contributed by atoms with van der Waals surface area (Å²) < 4.78 is 0. The SMILES string of the molecule is Nc1ccc(N2C(=O)CCc3ccccc32)cc1. The maximum Gasteiger partial charge on any atom is 0.231 e. The van der Waals surface area contributed by atoms with Crippen LogP contribution in [0.1, 0.15) is 12.0 Å². The minimum Gasteiger partial charge on any atom is -0.399 e. The number of carbonyl (C=O) groups is 1. The predicted molar refractivity (Wildman–Crippen MR) is 72.8 cm³/mol. The van der Waals surface area contributed by atoms with Crippen molar-refractivity contribution in [1.82, 2.24) is 0 Å². The van der Waals surface area contributed by atoms with Crippen LogP contribution in [0.2, 0.25) is 0 Å². The summed E-state index contributed by atoms with van der Waals surface area (Å²) in [6, 6.07) is 15.4. The molecule has 0 saturated heterocycles. The number of amides is 1. The number of carbonyl (C=O) groups excluding carboxylic acids is 1. The maximum absolute atomic E-state index is 12.1. The summed E-state index contributed by atoms with van der Waals surface area (Å²) in [6.07, 6.45) is 1.38. The van der Waals surface area contributed by atoms with Gasteiger partial charge in [0.05, 0.1) is 5.69 Å². The molecule has 0 radical (unpaired) electrons. The first-order valence-corrected chi connectivity index (χ1v) is 6.02. The predicted octanol–water partition coefficient (Wildman–Crippen LogP) is 2.88. The van der Waals surface area contributed by atoms with Crippen molar-refractivity contribution in [3.63, 3.8) is 0 Å². The van der Waals surface area contributed by atoms with Crippen molar-refractivity contribution in [3.8, 4) is 0 Å². The molecule has 3 nitrogen and oxygen atoms in total. The van der Waals surface area contributed by atoms with Crippen LogP contribution in [0, 0.1) is 0 Å². The minimum absolute atomic E-state index is 0.137. The standard InChI is InChI=1S/C15H14N2O/c16-12-6-8-13(9-7-12)17-14-4-2-1-3-11(14)5-10-15(17)18/h1-4,6-9H,5,10,16H2. The molecule has 0 unspecified atom stereocenters. The molecular weight excluding hydrogens is 224 g/mol. The Bertz CT molecular complexity index is 590. The van der Waals surface area contributed by atoms with Gasteiger partial charge in [0.25, 0.3) is 0 Å². The summed E-state index contributed by atoms with van der Waals surface area (Å²) in [6.45, 7) is 0. The molecule has 2 aromatic rings. The minimum atomic E-state index is 0.137. The summed E-state index contributed by atoms with van der Waals surface area (Å²) >= 11 is 0. The van der Waals surface area contributed by atoms with Crippen LogP contribution in [-0.2, 0) is 11.2 Å². The van der Waals surface area contributed by atoms with Crippen molar-refractivity contribution in [2.45, 2.75) is 12.8 Å². The first-order valence-electron chi connectivity index (χ1n) is 6.02. The molecule has 0 fully saturated rings. The summed E-state index contributed by atoms with van der Waals surface area (Å²) in [5.41, 5.74) is 9.46. The van der Waals surface area contributed by atoms with Gasteiger partial charge in [0.1, 0.15) is 0 Å². The Morgan fingerprint density at radius 2 is 1.67 bits per heavy atom. The number of hydrogen-bond acceptors (Lipinski definition) is 2. The second-order valence-electron chi connectivity index (χ2n) is 4.45. The number of anilines is 3. The molecule has 90 valence electrons. The molecule has 1 aliphatic rings. The molecule has 0 spiro atoms. The highest BCUT2D eigenvalue weighted by Gasteiger charge is 2.24. The molecule has 0 atom stereocenters. The van der Waals surface area contributed by atoms with Gasteiger partial charge in [0.2, 0.25) is 5.91 Å². The molecular formula is C15H14N2O. The van der Waals surface area contributed by atoms with Gasteiger partial charge in [-0.1, -0.05) is 18.2 Å². The van der Waals surface area contributed by atoms with E-state index in [0.29, 0.717) is 12.1 Å². The van der Waals surface area contributed by atoms with Crippen LogP contribution in [0.25, 0.3) is 0 Å². The van der Waals surface area contributed by atoms with E-state index in [1.165, 1.54) is 5.56 Å². The van der Waals surface area contributed by atoms with E-state index in [4.69, 9.17) is 5.73 Å². The van der Waals surface area contributed by atoms with E-state index in [9.17, 15) is 4.79 Å². The lowest BCUT2D eigenvalue weighted by atomic mass is 10.0. The molecule has 0 bridgehead atoms. The Hall–Kier alpha value is -2.29. The fourth-order valence-corrected chi connectivity index (χ4v) is 2.33. The number of hydrogen-bond donors (Lipinski definition) is 1. The highest BCUT2D eigenvalue weighted by molar-refractivity contribution is 6.03. The van der Waals surface area contributed by atoms with E-state index in [-0.39, 0.29) is 5.91 Å². The number of benzene rings is 2. The zero-order valence-electron chi connectivity index (χ0n) is 9.97. The van der Waals surface area contributed by atoms with Crippen LogP contribution in [-0.4, -0.2) is 5.91 Å². The largest absolute Gasteiger partial charge is 0.399 e. The monoisotopic (exact) mass is 238 g/mol. The number of fused-ring (bicyclic) bond motifs is 1. The average molecular weight is 238 g/mol. The topological polar surface area (TPSA) is 46.3 Å². The van der Waals surface area contributed by atoms with Crippen molar-refractivity contribution < 1.29 is 4.79 Å². The first-order chi connectivity index (χ1) is 8.75. The van der Waals surface area contributed by atoms with Crippen LogP contribution in [0.4, 0.5) is 17.1 Å². The Morgan fingerprint density at radius 1 is 0.944 bits per heavy atom. The van der Waals surface area contributed by atoms with Crippen LogP contribution < -0.4 is 10.6 Å². The molecule has 0 aliphatic carbocycles. The van der Waals surface area contributed by atoms with Gasteiger partial charge < -0.3 is 5.73 Å².